The van der Waals surface area contributed by atoms with Gasteiger partial charge in [0.05, 0.1) is 31.3 Å². The summed E-state index contributed by atoms with van der Waals surface area (Å²) in [5.74, 6) is 2.54. The van der Waals surface area contributed by atoms with Crippen molar-refractivity contribution in [2.75, 3.05) is 24.9 Å². The SMILES string of the molecule is COc1ccc(Nc2cc(-c3ccccn3)nc(NC(C)C)n2)c(OC)c1. The van der Waals surface area contributed by atoms with Gasteiger partial charge in [0, 0.05) is 24.4 Å². The first-order valence-corrected chi connectivity index (χ1v) is 8.65. The van der Waals surface area contributed by atoms with Gasteiger partial charge in [0.15, 0.2) is 0 Å². The van der Waals surface area contributed by atoms with Gasteiger partial charge in [-0.05, 0) is 38.1 Å². The smallest absolute Gasteiger partial charge is 0.225 e. The minimum absolute atomic E-state index is 0.201. The van der Waals surface area contributed by atoms with Crippen molar-refractivity contribution in [2.24, 2.45) is 0 Å². The second-order valence-corrected chi connectivity index (χ2v) is 6.17. The molecule has 0 bridgehead atoms. The Morgan fingerprint density at radius 1 is 0.926 bits per heavy atom. The topological polar surface area (TPSA) is 81.2 Å². The number of benzene rings is 1. The Balaban J connectivity index is 1.99. The number of ether oxygens (including phenoxy) is 2. The number of methoxy groups -OCH3 is 2. The van der Waals surface area contributed by atoms with E-state index in [1.807, 2.05) is 56.3 Å². The Kier molecular flexibility index (Phi) is 5.71. The lowest BCUT2D eigenvalue weighted by molar-refractivity contribution is 0.395. The van der Waals surface area contributed by atoms with Gasteiger partial charge in [-0.15, -0.1) is 0 Å². The van der Waals surface area contributed by atoms with Crippen LogP contribution in [-0.4, -0.2) is 35.2 Å². The number of aromatic nitrogens is 3. The normalized spacial score (nSPS) is 10.6. The highest BCUT2D eigenvalue weighted by Gasteiger charge is 2.11. The summed E-state index contributed by atoms with van der Waals surface area (Å²) in [5.41, 5.74) is 2.28. The van der Waals surface area contributed by atoms with E-state index in [0.29, 0.717) is 17.5 Å². The second kappa shape index (κ2) is 8.35. The van der Waals surface area contributed by atoms with Crippen molar-refractivity contribution in [1.29, 1.82) is 0 Å². The van der Waals surface area contributed by atoms with Gasteiger partial charge >= 0.3 is 0 Å². The molecule has 1 aromatic carbocycles. The molecule has 0 aliphatic carbocycles. The molecule has 2 N–H and O–H groups in total. The van der Waals surface area contributed by atoms with E-state index < -0.39 is 0 Å². The average Bonchev–Trinajstić information content (AvgIpc) is 2.68. The van der Waals surface area contributed by atoms with Crippen molar-refractivity contribution in [3.05, 3.63) is 48.7 Å². The molecule has 2 heterocycles. The molecule has 0 aliphatic rings. The fourth-order valence-electron chi connectivity index (χ4n) is 2.52. The quantitative estimate of drug-likeness (QED) is 0.652. The average molecular weight is 365 g/mol. The van der Waals surface area contributed by atoms with Crippen LogP contribution < -0.4 is 20.1 Å². The highest BCUT2D eigenvalue weighted by atomic mass is 16.5. The summed E-state index contributed by atoms with van der Waals surface area (Å²) >= 11 is 0. The third-order valence-corrected chi connectivity index (χ3v) is 3.74. The van der Waals surface area contributed by atoms with Gasteiger partial charge in [-0.1, -0.05) is 6.07 Å². The monoisotopic (exact) mass is 365 g/mol. The van der Waals surface area contributed by atoms with Crippen LogP contribution in [0.3, 0.4) is 0 Å². The highest BCUT2D eigenvalue weighted by Crippen LogP contribution is 2.32. The van der Waals surface area contributed by atoms with Crippen molar-refractivity contribution in [3.63, 3.8) is 0 Å². The van der Waals surface area contributed by atoms with E-state index in [2.05, 4.69) is 25.6 Å². The molecule has 0 saturated carbocycles. The molecule has 0 amide bonds. The fraction of sp³-hybridized carbons (Fsp3) is 0.250. The first kappa shape index (κ1) is 18.4. The van der Waals surface area contributed by atoms with Crippen LogP contribution in [0, 0.1) is 0 Å². The van der Waals surface area contributed by atoms with Gasteiger partial charge in [-0.2, -0.15) is 4.98 Å². The van der Waals surface area contributed by atoms with Crippen LogP contribution in [0.4, 0.5) is 17.5 Å². The van der Waals surface area contributed by atoms with Crippen LogP contribution in [0.1, 0.15) is 13.8 Å². The zero-order valence-corrected chi connectivity index (χ0v) is 15.9. The van der Waals surface area contributed by atoms with Crippen LogP contribution in [-0.2, 0) is 0 Å². The first-order chi connectivity index (χ1) is 13.1. The highest BCUT2D eigenvalue weighted by molar-refractivity contribution is 5.69. The number of pyridine rings is 1. The molecule has 7 nitrogen and oxygen atoms in total. The molecule has 2 aromatic heterocycles. The Morgan fingerprint density at radius 2 is 1.78 bits per heavy atom. The molecule has 3 aromatic rings. The van der Waals surface area contributed by atoms with Crippen LogP contribution in [0.25, 0.3) is 11.4 Å². The van der Waals surface area contributed by atoms with Gasteiger partial charge in [0.25, 0.3) is 0 Å². The van der Waals surface area contributed by atoms with Gasteiger partial charge in [0.2, 0.25) is 5.95 Å². The molecular weight excluding hydrogens is 342 g/mol. The Hall–Kier alpha value is -3.35. The zero-order chi connectivity index (χ0) is 19.2. The summed E-state index contributed by atoms with van der Waals surface area (Å²) in [6.07, 6.45) is 1.74. The second-order valence-electron chi connectivity index (χ2n) is 6.17. The zero-order valence-electron chi connectivity index (χ0n) is 15.9. The molecule has 27 heavy (non-hydrogen) atoms. The minimum atomic E-state index is 0.201. The third kappa shape index (κ3) is 4.63. The Labute approximate surface area is 158 Å². The summed E-state index contributed by atoms with van der Waals surface area (Å²) in [7, 11) is 3.24. The Morgan fingerprint density at radius 3 is 2.44 bits per heavy atom. The third-order valence-electron chi connectivity index (χ3n) is 3.74. The maximum atomic E-state index is 5.46. The molecule has 0 radical (unpaired) electrons. The maximum Gasteiger partial charge on any atom is 0.225 e. The van der Waals surface area contributed by atoms with Gasteiger partial charge < -0.3 is 20.1 Å². The number of anilines is 3. The summed E-state index contributed by atoms with van der Waals surface area (Å²) in [6.45, 7) is 4.08. The number of hydrogen-bond acceptors (Lipinski definition) is 7. The predicted octanol–water partition coefficient (Wildman–Crippen LogP) is 4.12. The van der Waals surface area contributed by atoms with E-state index in [-0.39, 0.29) is 6.04 Å². The molecule has 0 unspecified atom stereocenters. The Bertz CT molecular complexity index is 900. The molecular formula is C20H23N5O2. The number of rotatable bonds is 7. The molecule has 140 valence electrons. The number of nitrogens with zero attached hydrogens (tertiary/aromatic N) is 3. The number of nitrogens with one attached hydrogen (secondary N) is 2. The lowest BCUT2D eigenvalue weighted by Crippen LogP contribution is -2.13. The van der Waals surface area contributed by atoms with Gasteiger partial charge in [0.1, 0.15) is 17.3 Å². The summed E-state index contributed by atoms with van der Waals surface area (Å²) in [4.78, 5) is 13.5. The lowest BCUT2D eigenvalue weighted by atomic mass is 10.2. The molecule has 0 spiro atoms. The van der Waals surface area contributed by atoms with E-state index in [0.717, 1.165) is 22.8 Å². The van der Waals surface area contributed by atoms with E-state index in [4.69, 9.17) is 9.47 Å². The van der Waals surface area contributed by atoms with Crippen LogP contribution in [0.15, 0.2) is 48.7 Å². The largest absolute Gasteiger partial charge is 0.497 e. The van der Waals surface area contributed by atoms with E-state index in [1.54, 1.807) is 20.4 Å². The van der Waals surface area contributed by atoms with Crippen LogP contribution >= 0.6 is 0 Å². The molecule has 0 aliphatic heterocycles. The number of hydrogen-bond donors (Lipinski definition) is 2. The summed E-state index contributed by atoms with van der Waals surface area (Å²) in [6, 6.07) is 13.3. The first-order valence-electron chi connectivity index (χ1n) is 8.65. The van der Waals surface area contributed by atoms with Gasteiger partial charge in [-0.3, -0.25) is 4.98 Å². The van der Waals surface area contributed by atoms with Crippen molar-refractivity contribution in [2.45, 2.75) is 19.9 Å². The predicted molar refractivity (Wildman–Crippen MR) is 107 cm³/mol. The van der Waals surface area contributed by atoms with E-state index in [9.17, 15) is 0 Å². The molecule has 0 atom stereocenters. The van der Waals surface area contributed by atoms with Crippen molar-refractivity contribution < 1.29 is 9.47 Å². The van der Waals surface area contributed by atoms with Crippen LogP contribution in [0.2, 0.25) is 0 Å². The summed E-state index contributed by atoms with van der Waals surface area (Å²) < 4.78 is 10.7. The van der Waals surface area contributed by atoms with Crippen molar-refractivity contribution in [3.8, 4) is 22.9 Å². The summed E-state index contributed by atoms with van der Waals surface area (Å²) in [5, 5.41) is 6.55. The van der Waals surface area contributed by atoms with E-state index in [1.165, 1.54) is 0 Å². The van der Waals surface area contributed by atoms with Crippen LogP contribution in [0.5, 0.6) is 11.5 Å². The minimum Gasteiger partial charge on any atom is -0.497 e. The van der Waals surface area contributed by atoms with Gasteiger partial charge in [-0.25, -0.2) is 4.98 Å². The fourth-order valence-corrected chi connectivity index (χ4v) is 2.52. The maximum absolute atomic E-state index is 5.46. The van der Waals surface area contributed by atoms with E-state index >= 15 is 0 Å². The molecule has 7 heteroatoms. The molecule has 0 fully saturated rings. The molecule has 0 saturated heterocycles. The standard InChI is InChI=1S/C20H23N5O2/c1-13(2)22-20-24-17(15-7-5-6-10-21-15)12-19(25-20)23-16-9-8-14(26-3)11-18(16)27-4/h5-13H,1-4H3,(H2,22,23,24,25). The molecule has 3 rings (SSSR count). The van der Waals surface area contributed by atoms with Crippen molar-refractivity contribution >= 4 is 17.5 Å². The lowest BCUT2D eigenvalue weighted by Gasteiger charge is -2.15. The van der Waals surface area contributed by atoms with Crippen molar-refractivity contribution in [1.82, 2.24) is 15.0 Å².